The molecule has 7 heteroatoms. The van der Waals surface area contributed by atoms with Crippen molar-refractivity contribution in [3.05, 3.63) is 46.9 Å². The van der Waals surface area contributed by atoms with E-state index in [1.54, 1.807) is 43.5 Å². The number of methoxy groups -OCH3 is 1. The summed E-state index contributed by atoms with van der Waals surface area (Å²) in [5.41, 5.74) is 1.46. The maximum Gasteiger partial charge on any atom is 0.253 e. The molecule has 0 unspecified atom stereocenters. The Morgan fingerprint density at radius 2 is 2.11 bits per heavy atom. The monoisotopic (exact) mass is 384 g/mol. The third-order valence-electron chi connectivity index (χ3n) is 5.41. The first kappa shape index (κ1) is 20.2. The van der Waals surface area contributed by atoms with E-state index in [4.69, 9.17) is 4.74 Å². The Morgan fingerprint density at radius 1 is 1.32 bits per heavy atom. The van der Waals surface area contributed by atoms with E-state index in [1.807, 2.05) is 10.8 Å². The van der Waals surface area contributed by atoms with Gasteiger partial charge in [0.15, 0.2) is 0 Å². The smallest absolute Gasteiger partial charge is 0.253 e. The van der Waals surface area contributed by atoms with Crippen LogP contribution in [0, 0.1) is 4.91 Å². The summed E-state index contributed by atoms with van der Waals surface area (Å²) in [5.74, 6) is 1.23. The summed E-state index contributed by atoms with van der Waals surface area (Å²) in [4.78, 5) is 30.4. The van der Waals surface area contributed by atoms with E-state index in [0.29, 0.717) is 36.0 Å². The van der Waals surface area contributed by atoms with Gasteiger partial charge in [-0.15, -0.1) is 4.91 Å². The predicted molar refractivity (Wildman–Crippen MR) is 108 cm³/mol. The summed E-state index contributed by atoms with van der Waals surface area (Å²) >= 11 is 0. The molecule has 0 radical (unpaired) electrons. The average Bonchev–Trinajstić information content (AvgIpc) is 3.23. The molecule has 1 heterocycles. The number of amides is 1. The first-order chi connectivity index (χ1) is 13.7. The van der Waals surface area contributed by atoms with Crippen molar-refractivity contribution in [3.63, 3.8) is 0 Å². The zero-order valence-electron chi connectivity index (χ0n) is 16.6. The SMILES string of the molecule is COCCCN(C)C(=O)c1ccc(N=O)c(-n2ccnc2C2CCCCC2)c1. The zero-order valence-corrected chi connectivity index (χ0v) is 16.6. The van der Waals surface area contributed by atoms with Crippen LogP contribution in [0.1, 0.15) is 60.6 Å². The van der Waals surface area contributed by atoms with Crippen LogP contribution in [-0.2, 0) is 4.74 Å². The van der Waals surface area contributed by atoms with Gasteiger partial charge in [-0.2, -0.15) is 0 Å². The maximum atomic E-state index is 12.8. The maximum absolute atomic E-state index is 12.8. The van der Waals surface area contributed by atoms with Gasteiger partial charge in [0.25, 0.3) is 5.91 Å². The van der Waals surface area contributed by atoms with Crippen LogP contribution in [0.25, 0.3) is 5.69 Å². The minimum Gasteiger partial charge on any atom is -0.385 e. The highest BCUT2D eigenvalue weighted by molar-refractivity contribution is 5.95. The molecule has 0 atom stereocenters. The van der Waals surface area contributed by atoms with Crippen molar-refractivity contribution in [2.45, 2.75) is 44.4 Å². The van der Waals surface area contributed by atoms with E-state index < -0.39 is 0 Å². The fraction of sp³-hybridized carbons (Fsp3) is 0.524. The van der Waals surface area contributed by atoms with Gasteiger partial charge in [-0.25, -0.2) is 4.98 Å². The van der Waals surface area contributed by atoms with Crippen LogP contribution in [0.4, 0.5) is 5.69 Å². The van der Waals surface area contributed by atoms with E-state index in [-0.39, 0.29) is 5.91 Å². The molecule has 1 saturated carbocycles. The predicted octanol–water partition coefficient (Wildman–Crippen LogP) is 4.43. The fourth-order valence-corrected chi connectivity index (χ4v) is 3.88. The molecular weight excluding hydrogens is 356 g/mol. The van der Waals surface area contributed by atoms with Crippen molar-refractivity contribution in [2.24, 2.45) is 5.18 Å². The molecule has 0 aliphatic heterocycles. The normalized spacial score (nSPS) is 14.8. The molecule has 1 amide bonds. The minimum absolute atomic E-state index is 0.0888. The topological polar surface area (TPSA) is 76.8 Å². The van der Waals surface area contributed by atoms with Crippen LogP contribution in [-0.4, -0.2) is 47.7 Å². The minimum atomic E-state index is -0.0888. The summed E-state index contributed by atoms with van der Waals surface area (Å²) < 4.78 is 6.98. The van der Waals surface area contributed by atoms with E-state index in [2.05, 4.69) is 10.2 Å². The summed E-state index contributed by atoms with van der Waals surface area (Å²) in [5, 5.41) is 3.18. The molecule has 150 valence electrons. The van der Waals surface area contributed by atoms with Gasteiger partial charge in [0, 0.05) is 51.2 Å². The van der Waals surface area contributed by atoms with Crippen LogP contribution in [0.15, 0.2) is 35.8 Å². The first-order valence-corrected chi connectivity index (χ1v) is 9.91. The first-order valence-electron chi connectivity index (χ1n) is 9.91. The quantitative estimate of drug-likeness (QED) is 0.498. The number of carbonyl (C=O) groups excluding carboxylic acids is 1. The van der Waals surface area contributed by atoms with Crippen LogP contribution >= 0.6 is 0 Å². The lowest BCUT2D eigenvalue weighted by Crippen LogP contribution is -2.28. The lowest BCUT2D eigenvalue weighted by molar-refractivity contribution is 0.0779. The number of aromatic nitrogens is 2. The van der Waals surface area contributed by atoms with Crippen molar-refractivity contribution in [3.8, 4) is 5.69 Å². The summed E-state index contributed by atoms with van der Waals surface area (Å²) in [6, 6.07) is 5.02. The third kappa shape index (κ3) is 4.47. The second-order valence-electron chi connectivity index (χ2n) is 7.36. The van der Waals surface area contributed by atoms with Crippen molar-refractivity contribution in [1.29, 1.82) is 0 Å². The van der Waals surface area contributed by atoms with Gasteiger partial charge >= 0.3 is 0 Å². The van der Waals surface area contributed by atoms with Crippen LogP contribution in [0.2, 0.25) is 0 Å². The highest BCUT2D eigenvalue weighted by Crippen LogP contribution is 2.35. The van der Waals surface area contributed by atoms with Crippen molar-refractivity contribution in [2.75, 3.05) is 27.3 Å². The molecule has 3 rings (SSSR count). The molecule has 7 nitrogen and oxygen atoms in total. The van der Waals surface area contributed by atoms with Gasteiger partial charge in [0.1, 0.15) is 11.5 Å². The Kier molecular flexibility index (Phi) is 6.92. The van der Waals surface area contributed by atoms with E-state index >= 15 is 0 Å². The number of hydrogen-bond acceptors (Lipinski definition) is 5. The van der Waals surface area contributed by atoms with Gasteiger partial charge in [0.05, 0.1) is 5.69 Å². The Bertz CT molecular complexity index is 812. The van der Waals surface area contributed by atoms with E-state index in [0.717, 1.165) is 25.1 Å². The molecule has 1 aromatic heterocycles. The Labute approximate surface area is 165 Å². The number of benzene rings is 1. The number of nitrogens with zero attached hydrogens (tertiary/aromatic N) is 4. The van der Waals surface area contributed by atoms with E-state index in [1.165, 1.54) is 19.3 Å². The van der Waals surface area contributed by atoms with Crippen molar-refractivity contribution in [1.82, 2.24) is 14.5 Å². The summed E-state index contributed by atoms with van der Waals surface area (Å²) in [7, 11) is 3.42. The van der Waals surface area contributed by atoms with Gasteiger partial charge in [0.2, 0.25) is 0 Å². The number of rotatable bonds is 8. The Hall–Kier alpha value is -2.54. The Balaban J connectivity index is 1.89. The molecule has 1 aliphatic carbocycles. The van der Waals surface area contributed by atoms with Crippen LogP contribution in [0.3, 0.4) is 0 Å². The second-order valence-corrected chi connectivity index (χ2v) is 7.36. The number of hydrogen-bond donors (Lipinski definition) is 0. The van der Waals surface area contributed by atoms with Gasteiger partial charge in [-0.05, 0) is 42.6 Å². The fourth-order valence-electron chi connectivity index (χ4n) is 3.88. The molecule has 1 aromatic carbocycles. The van der Waals surface area contributed by atoms with Crippen LogP contribution < -0.4 is 0 Å². The summed E-state index contributed by atoms with van der Waals surface area (Å²) in [6.45, 7) is 1.21. The standard InChI is InChI=1S/C21H28N4O3/c1-24(12-6-14-28-2)21(26)17-9-10-18(23-27)19(15-17)25-13-11-22-20(25)16-7-4-3-5-8-16/h9-11,13,15-16H,3-8,12,14H2,1-2H3. The molecule has 0 spiro atoms. The number of imidazole rings is 1. The largest absolute Gasteiger partial charge is 0.385 e. The number of nitroso groups, excluding NO2 is 1. The molecule has 28 heavy (non-hydrogen) atoms. The van der Waals surface area contributed by atoms with E-state index in [9.17, 15) is 9.70 Å². The highest BCUT2D eigenvalue weighted by atomic mass is 16.5. The lowest BCUT2D eigenvalue weighted by atomic mass is 9.88. The van der Waals surface area contributed by atoms with Crippen molar-refractivity contribution < 1.29 is 9.53 Å². The van der Waals surface area contributed by atoms with Gasteiger partial charge in [-0.3, -0.25) is 4.79 Å². The number of ether oxygens (including phenoxy) is 1. The summed E-state index contributed by atoms with van der Waals surface area (Å²) in [6.07, 6.45) is 10.2. The molecule has 2 aromatic rings. The molecule has 1 fully saturated rings. The average molecular weight is 384 g/mol. The molecule has 0 N–H and O–H groups in total. The van der Waals surface area contributed by atoms with Gasteiger partial charge in [-0.1, -0.05) is 19.3 Å². The molecule has 0 bridgehead atoms. The molecule has 0 saturated heterocycles. The van der Waals surface area contributed by atoms with Gasteiger partial charge < -0.3 is 14.2 Å². The van der Waals surface area contributed by atoms with Crippen molar-refractivity contribution >= 4 is 11.6 Å². The Morgan fingerprint density at radius 3 is 2.82 bits per heavy atom. The van der Waals surface area contributed by atoms with Crippen LogP contribution in [0.5, 0.6) is 0 Å². The zero-order chi connectivity index (χ0) is 19.9. The highest BCUT2D eigenvalue weighted by Gasteiger charge is 2.22. The third-order valence-corrected chi connectivity index (χ3v) is 5.41. The molecule has 1 aliphatic rings. The lowest BCUT2D eigenvalue weighted by Gasteiger charge is -2.23. The number of carbonyl (C=O) groups is 1. The molecular formula is C21H28N4O3. The second kappa shape index (κ2) is 9.59.